The molecule has 2 nitrogen and oxygen atoms in total. The summed E-state index contributed by atoms with van der Waals surface area (Å²) in [6.45, 7) is 4.40. The third-order valence-corrected chi connectivity index (χ3v) is 5.13. The molecule has 3 aromatic carbocycles. The van der Waals surface area contributed by atoms with E-state index < -0.39 is 0 Å². The minimum Gasteiger partial charge on any atom is -0.471 e. The maximum atomic E-state index is 6.26. The average molecular weight is 343 g/mol. The second kappa shape index (κ2) is 7.25. The summed E-state index contributed by atoms with van der Waals surface area (Å²) in [7, 11) is 0. The zero-order valence-electron chi connectivity index (χ0n) is 15.4. The van der Waals surface area contributed by atoms with Gasteiger partial charge in [-0.2, -0.15) is 0 Å². The lowest BCUT2D eigenvalue weighted by Gasteiger charge is -2.31. The Morgan fingerprint density at radius 3 is 2.31 bits per heavy atom. The van der Waals surface area contributed by atoms with Gasteiger partial charge in [-0.15, -0.1) is 0 Å². The van der Waals surface area contributed by atoms with Crippen molar-refractivity contribution >= 4 is 5.69 Å². The van der Waals surface area contributed by atoms with Crippen molar-refractivity contribution < 1.29 is 4.74 Å². The zero-order valence-corrected chi connectivity index (χ0v) is 15.4. The van der Waals surface area contributed by atoms with E-state index in [9.17, 15) is 0 Å². The fourth-order valence-corrected chi connectivity index (χ4v) is 3.91. The third-order valence-electron chi connectivity index (χ3n) is 5.13. The number of ether oxygens (including phenoxy) is 1. The summed E-state index contributed by atoms with van der Waals surface area (Å²) in [6.07, 6.45) is 2.04. The minimum absolute atomic E-state index is 0.00798. The van der Waals surface area contributed by atoms with Crippen molar-refractivity contribution in [1.29, 1.82) is 0 Å². The number of hydrogen-bond donors (Lipinski definition) is 0. The Kier molecular flexibility index (Phi) is 4.66. The molecule has 2 atom stereocenters. The maximum absolute atomic E-state index is 6.26. The molecule has 0 amide bonds. The lowest BCUT2D eigenvalue weighted by molar-refractivity contribution is 0.207. The zero-order chi connectivity index (χ0) is 17.9. The summed E-state index contributed by atoms with van der Waals surface area (Å²) >= 11 is 0. The third kappa shape index (κ3) is 3.45. The highest BCUT2D eigenvalue weighted by Crippen LogP contribution is 2.34. The van der Waals surface area contributed by atoms with Crippen molar-refractivity contribution in [2.24, 2.45) is 0 Å². The van der Waals surface area contributed by atoms with Crippen LogP contribution in [-0.2, 0) is 12.8 Å². The first-order valence-electron chi connectivity index (χ1n) is 9.36. The molecule has 2 unspecified atom stereocenters. The van der Waals surface area contributed by atoms with Gasteiger partial charge in [0.2, 0.25) is 0 Å². The van der Waals surface area contributed by atoms with Gasteiger partial charge in [0.1, 0.15) is 5.75 Å². The molecule has 0 radical (unpaired) electrons. The van der Waals surface area contributed by atoms with Crippen LogP contribution in [0.15, 0.2) is 78.9 Å². The lowest BCUT2D eigenvalue weighted by Crippen LogP contribution is -2.41. The van der Waals surface area contributed by atoms with Crippen LogP contribution in [-0.4, -0.2) is 12.3 Å². The lowest BCUT2D eigenvalue weighted by atomic mass is 10.1. The van der Waals surface area contributed by atoms with E-state index in [2.05, 4.69) is 97.6 Å². The van der Waals surface area contributed by atoms with Gasteiger partial charge in [-0.1, -0.05) is 60.7 Å². The van der Waals surface area contributed by atoms with Crippen LogP contribution >= 0.6 is 0 Å². The topological polar surface area (TPSA) is 12.5 Å². The molecule has 4 rings (SSSR count). The molecular weight excluding hydrogens is 318 g/mol. The van der Waals surface area contributed by atoms with Gasteiger partial charge in [-0.25, -0.2) is 0 Å². The van der Waals surface area contributed by atoms with Crippen LogP contribution in [0.1, 0.15) is 30.5 Å². The smallest absolute Gasteiger partial charge is 0.169 e. The first-order chi connectivity index (χ1) is 12.7. The normalized spacial score (nSPS) is 17.0. The molecule has 0 bridgehead atoms. The average Bonchev–Trinajstić information content (AvgIpc) is 3.00. The van der Waals surface area contributed by atoms with Crippen LogP contribution in [0.2, 0.25) is 0 Å². The Balaban J connectivity index is 1.44. The van der Waals surface area contributed by atoms with Gasteiger partial charge in [0.15, 0.2) is 6.23 Å². The van der Waals surface area contributed by atoms with Gasteiger partial charge in [0, 0.05) is 11.7 Å². The van der Waals surface area contributed by atoms with E-state index in [1.807, 2.05) is 0 Å². The van der Waals surface area contributed by atoms with Crippen molar-refractivity contribution in [3.05, 3.63) is 95.6 Å². The van der Waals surface area contributed by atoms with Crippen LogP contribution in [0, 0.1) is 0 Å². The quantitative estimate of drug-likeness (QED) is 0.610. The molecule has 132 valence electrons. The Morgan fingerprint density at radius 2 is 1.54 bits per heavy atom. The van der Waals surface area contributed by atoms with Crippen LogP contribution in [0.4, 0.5) is 5.69 Å². The van der Waals surface area contributed by atoms with Crippen molar-refractivity contribution in [3.8, 4) is 5.75 Å². The molecular formula is C24H25NO. The van der Waals surface area contributed by atoms with E-state index in [1.165, 1.54) is 22.4 Å². The fourth-order valence-electron chi connectivity index (χ4n) is 3.91. The number of nitrogens with zero attached hydrogens (tertiary/aromatic N) is 1. The molecule has 0 spiro atoms. The number of benzene rings is 3. The van der Waals surface area contributed by atoms with E-state index in [-0.39, 0.29) is 6.23 Å². The molecule has 0 saturated heterocycles. The van der Waals surface area contributed by atoms with Gasteiger partial charge in [0.05, 0.1) is 0 Å². The Bertz CT molecular complexity index is 857. The number of anilines is 1. The summed E-state index contributed by atoms with van der Waals surface area (Å²) in [6, 6.07) is 28.2. The van der Waals surface area contributed by atoms with E-state index >= 15 is 0 Å². The molecule has 1 heterocycles. The first kappa shape index (κ1) is 16.7. The summed E-state index contributed by atoms with van der Waals surface area (Å²) in [4.78, 5) is 2.38. The Hall–Kier alpha value is -2.74. The van der Waals surface area contributed by atoms with E-state index in [0.717, 1.165) is 18.6 Å². The standard InChI is InChI=1S/C24H25NO/c1-18-16-22-10-6-7-11-24(22)25(18)19(2)26-23-14-12-21(13-15-23)17-20-8-4-3-5-9-20/h3-15,18-19H,16-17H2,1-2H3. The van der Waals surface area contributed by atoms with Gasteiger partial charge in [-0.05, 0) is 61.6 Å². The van der Waals surface area contributed by atoms with Gasteiger partial charge in [0.25, 0.3) is 0 Å². The van der Waals surface area contributed by atoms with Crippen molar-refractivity contribution in [3.63, 3.8) is 0 Å². The molecule has 2 heteroatoms. The van der Waals surface area contributed by atoms with Gasteiger partial charge < -0.3 is 9.64 Å². The number of hydrogen-bond acceptors (Lipinski definition) is 2. The molecule has 0 saturated carbocycles. The number of para-hydroxylation sites is 1. The number of fused-ring (bicyclic) bond motifs is 1. The summed E-state index contributed by atoms with van der Waals surface area (Å²) in [5.41, 5.74) is 5.34. The second-order valence-corrected chi connectivity index (χ2v) is 7.11. The monoisotopic (exact) mass is 343 g/mol. The SMILES string of the molecule is CC1Cc2ccccc2N1C(C)Oc1ccc(Cc2ccccc2)cc1. The maximum Gasteiger partial charge on any atom is 0.169 e. The predicted octanol–water partition coefficient (Wildman–Crippen LogP) is 5.45. The van der Waals surface area contributed by atoms with Crippen LogP contribution in [0.3, 0.4) is 0 Å². The van der Waals surface area contributed by atoms with Crippen molar-refractivity contribution in [2.75, 3.05) is 4.90 Å². The number of rotatable bonds is 5. The van der Waals surface area contributed by atoms with Crippen LogP contribution < -0.4 is 9.64 Å². The Labute approximate surface area is 156 Å². The second-order valence-electron chi connectivity index (χ2n) is 7.11. The first-order valence-corrected chi connectivity index (χ1v) is 9.36. The molecule has 0 aliphatic carbocycles. The largest absolute Gasteiger partial charge is 0.471 e. The fraction of sp³-hybridized carbons (Fsp3) is 0.250. The highest BCUT2D eigenvalue weighted by molar-refractivity contribution is 5.59. The molecule has 0 aromatic heterocycles. The predicted molar refractivity (Wildman–Crippen MR) is 108 cm³/mol. The summed E-state index contributed by atoms with van der Waals surface area (Å²) in [5.74, 6) is 0.922. The summed E-state index contributed by atoms with van der Waals surface area (Å²) in [5, 5.41) is 0. The highest BCUT2D eigenvalue weighted by atomic mass is 16.5. The molecule has 1 aliphatic heterocycles. The summed E-state index contributed by atoms with van der Waals surface area (Å²) < 4.78 is 6.26. The van der Waals surface area contributed by atoms with Crippen molar-refractivity contribution in [1.82, 2.24) is 0 Å². The van der Waals surface area contributed by atoms with Gasteiger partial charge in [-0.3, -0.25) is 0 Å². The van der Waals surface area contributed by atoms with Gasteiger partial charge >= 0.3 is 0 Å². The highest BCUT2D eigenvalue weighted by Gasteiger charge is 2.30. The van der Waals surface area contributed by atoms with Crippen LogP contribution in [0.25, 0.3) is 0 Å². The molecule has 1 aliphatic rings. The van der Waals surface area contributed by atoms with E-state index in [4.69, 9.17) is 4.74 Å². The Morgan fingerprint density at radius 1 is 0.885 bits per heavy atom. The minimum atomic E-state index is 0.00798. The van der Waals surface area contributed by atoms with E-state index in [1.54, 1.807) is 0 Å². The van der Waals surface area contributed by atoms with Crippen LogP contribution in [0.5, 0.6) is 5.75 Å². The molecule has 0 N–H and O–H groups in total. The molecule has 0 fully saturated rings. The van der Waals surface area contributed by atoms with Crippen molar-refractivity contribution in [2.45, 2.75) is 39.0 Å². The van der Waals surface area contributed by atoms with E-state index in [0.29, 0.717) is 6.04 Å². The molecule has 26 heavy (non-hydrogen) atoms. The molecule has 3 aromatic rings.